The van der Waals surface area contributed by atoms with Crippen molar-refractivity contribution >= 4 is 5.78 Å². The second kappa shape index (κ2) is 4.78. The smallest absolute Gasteiger partial charge is 0.155 e. The predicted molar refractivity (Wildman–Crippen MR) is 64.7 cm³/mol. The van der Waals surface area contributed by atoms with Gasteiger partial charge in [0.1, 0.15) is 0 Å². The molecule has 0 radical (unpaired) electrons. The van der Waals surface area contributed by atoms with Crippen molar-refractivity contribution in [2.75, 3.05) is 0 Å². The zero-order valence-corrected chi connectivity index (χ0v) is 10.2. The minimum absolute atomic E-state index is 0.171. The monoisotopic (exact) mass is 206 g/mol. The van der Waals surface area contributed by atoms with Crippen molar-refractivity contribution in [3.05, 3.63) is 24.3 Å². The third kappa shape index (κ3) is 3.05. The first kappa shape index (κ1) is 12.2. The van der Waals surface area contributed by atoms with E-state index in [0.717, 1.165) is 6.42 Å². The molecular weight excluding hydrogens is 184 g/mol. The molecule has 1 heteroatoms. The molecule has 0 aliphatic heterocycles. The van der Waals surface area contributed by atoms with Crippen LogP contribution < -0.4 is 0 Å². The van der Waals surface area contributed by atoms with Crippen LogP contribution in [0.1, 0.15) is 46.5 Å². The minimum Gasteiger partial charge on any atom is -0.295 e. The molecule has 0 bridgehead atoms. The maximum atomic E-state index is 11.2. The fourth-order valence-corrected chi connectivity index (χ4v) is 2.61. The summed E-state index contributed by atoms with van der Waals surface area (Å²) in [6.45, 7) is 10.3. The Hall–Kier alpha value is -0.850. The Labute approximate surface area is 93.3 Å². The predicted octanol–water partition coefficient (Wildman–Crippen LogP) is 3.90. The Morgan fingerprint density at radius 1 is 1.67 bits per heavy atom. The lowest BCUT2D eigenvalue weighted by molar-refractivity contribution is -0.115. The molecule has 0 aromatic carbocycles. The molecule has 0 unspecified atom stereocenters. The van der Waals surface area contributed by atoms with Gasteiger partial charge in [-0.2, -0.15) is 0 Å². The van der Waals surface area contributed by atoms with Gasteiger partial charge in [-0.05, 0) is 43.6 Å². The van der Waals surface area contributed by atoms with Crippen LogP contribution in [0.5, 0.6) is 0 Å². The molecule has 1 nitrogen and oxygen atoms in total. The number of hydrogen-bond acceptors (Lipinski definition) is 1. The molecule has 0 saturated heterocycles. The highest BCUT2D eigenvalue weighted by Gasteiger charge is 2.32. The Morgan fingerprint density at radius 3 is 2.87 bits per heavy atom. The number of rotatable bonds is 4. The number of carbonyl (C=O) groups excluding carboxylic acids is 1. The summed E-state index contributed by atoms with van der Waals surface area (Å²) in [4.78, 5) is 11.2. The Morgan fingerprint density at radius 2 is 2.33 bits per heavy atom. The summed E-state index contributed by atoms with van der Waals surface area (Å²) in [5.74, 6) is 0.735. The van der Waals surface area contributed by atoms with Crippen molar-refractivity contribution in [1.82, 2.24) is 0 Å². The van der Waals surface area contributed by atoms with Gasteiger partial charge < -0.3 is 0 Å². The first-order valence-electron chi connectivity index (χ1n) is 5.79. The summed E-state index contributed by atoms with van der Waals surface area (Å²) in [6.07, 6.45) is 7.80. The van der Waals surface area contributed by atoms with Crippen molar-refractivity contribution in [2.45, 2.75) is 46.5 Å². The van der Waals surface area contributed by atoms with Crippen LogP contribution in [0.2, 0.25) is 0 Å². The quantitative estimate of drug-likeness (QED) is 0.503. The van der Waals surface area contributed by atoms with E-state index in [4.69, 9.17) is 0 Å². The Kier molecular flexibility index (Phi) is 3.90. The maximum absolute atomic E-state index is 11.2. The molecular formula is C14H22O. The minimum atomic E-state index is 0.171. The van der Waals surface area contributed by atoms with Crippen LogP contribution in [-0.2, 0) is 4.79 Å². The standard InChI is InChI=1S/C14H22O/c1-5-12(15)8-9-13-11(2)7-6-10-14(13,3)4/h5,7,13H,1,6,8-10H2,2-4H3/t13-/m1/s1. The van der Waals surface area contributed by atoms with E-state index in [2.05, 4.69) is 33.4 Å². The molecule has 0 heterocycles. The Bertz CT molecular complexity index is 284. The second-order valence-electron chi connectivity index (χ2n) is 5.24. The average molecular weight is 206 g/mol. The lowest BCUT2D eigenvalue weighted by Gasteiger charge is -2.38. The largest absolute Gasteiger partial charge is 0.295 e. The highest BCUT2D eigenvalue weighted by atomic mass is 16.1. The molecule has 84 valence electrons. The second-order valence-corrected chi connectivity index (χ2v) is 5.24. The molecule has 0 amide bonds. The van der Waals surface area contributed by atoms with Gasteiger partial charge in [0.15, 0.2) is 5.78 Å². The van der Waals surface area contributed by atoms with Gasteiger partial charge in [0.05, 0.1) is 0 Å². The highest BCUT2D eigenvalue weighted by molar-refractivity contribution is 5.88. The fourth-order valence-electron chi connectivity index (χ4n) is 2.61. The third-order valence-electron chi connectivity index (χ3n) is 3.66. The maximum Gasteiger partial charge on any atom is 0.155 e. The van der Waals surface area contributed by atoms with Crippen molar-refractivity contribution in [2.24, 2.45) is 11.3 Å². The van der Waals surface area contributed by atoms with Gasteiger partial charge in [0.25, 0.3) is 0 Å². The third-order valence-corrected chi connectivity index (χ3v) is 3.66. The normalized spacial score (nSPS) is 24.5. The molecule has 0 saturated carbocycles. The van der Waals surface area contributed by atoms with Gasteiger partial charge in [0.2, 0.25) is 0 Å². The van der Waals surface area contributed by atoms with Crippen molar-refractivity contribution in [1.29, 1.82) is 0 Å². The summed E-state index contributed by atoms with van der Waals surface area (Å²) in [7, 11) is 0. The molecule has 0 aromatic heterocycles. The SMILES string of the molecule is C=CC(=O)CC[C@@H]1C(C)=CCCC1(C)C. The summed E-state index contributed by atoms with van der Waals surface area (Å²) >= 11 is 0. The molecule has 1 aliphatic carbocycles. The number of allylic oxidation sites excluding steroid dienone is 3. The van der Waals surface area contributed by atoms with Gasteiger partial charge in [0, 0.05) is 6.42 Å². The van der Waals surface area contributed by atoms with Crippen molar-refractivity contribution < 1.29 is 4.79 Å². The average Bonchev–Trinajstić information content (AvgIpc) is 2.15. The van der Waals surface area contributed by atoms with E-state index < -0.39 is 0 Å². The van der Waals surface area contributed by atoms with Gasteiger partial charge >= 0.3 is 0 Å². The van der Waals surface area contributed by atoms with Crippen molar-refractivity contribution in [3.63, 3.8) is 0 Å². The topological polar surface area (TPSA) is 17.1 Å². The lowest BCUT2D eigenvalue weighted by atomic mass is 9.67. The summed E-state index contributed by atoms with van der Waals surface area (Å²) < 4.78 is 0. The highest BCUT2D eigenvalue weighted by Crippen LogP contribution is 2.43. The fraction of sp³-hybridized carbons (Fsp3) is 0.643. The van der Waals surface area contributed by atoms with Gasteiger partial charge in [-0.1, -0.05) is 32.1 Å². The lowest BCUT2D eigenvalue weighted by Crippen LogP contribution is -2.28. The van der Waals surface area contributed by atoms with E-state index in [-0.39, 0.29) is 5.78 Å². The Balaban J connectivity index is 2.64. The van der Waals surface area contributed by atoms with E-state index in [1.807, 2.05) is 0 Å². The molecule has 1 atom stereocenters. The summed E-state index contributed by atoms with van der Waals surface area (Å²) in [6, 6.07) is 0. The number of carbonyl (C=O) groups is 1. The molecule has 15 heavy (non-hydrogen) atoms. The van der Waals surface area contributed by atoms with Crippen LogP contribution >= 0.6 is 0 Å². The number of ketones is 1. The van der Waals surface area contributed by atoms with Crippen LogP contribution in [0, 0.1) is 11.3 Å². The molecule has 0 N–H and O–H groups in total. The first-order valence-corrected chi connectivity index (χ1v) is 5.79. The molecule has 0 spiro atoms. The zero-order valence-electron chi connectivity index (χ0n) is 10.2. The van der Waals surface area contributed by atoms with Crippen LogP contribution in [0.4, 0.5) is 0 Å². The molecule has 0 aromatic rings. The van der Waals surface area contributed by atoms with Crippen LogP contribution in [-0.4, -0.2) is 5.78 Å². The van der Waals surface area contributed by atoms with Crippen LogP contribution in [0.25, 0.3) is 0 Å². The van der Waals surface area contributed by atoms with E-state index in [1.54, 1.807) is 0 Å². The molecule has 0 fully saturated rings. The van der Waals surface area contributed by atoms with E-state index in [1.165, 1.54) is 24.5 Å². The summed E-state index contributed by atoms with van der Waals surface area (Å²) in [5.41, 5.74) is 1.81. The van der Waals surface area contributed by atoms with Crippen LogP contribution in [0.15, 0.2) is 24.3 Å². The summed E-state index contributed by atoms with van der Waals surface area (Å²) in [5, 5.41) is 0. The molecule has 1 aliphatic rings. The van der Waals surface area contributed by atoms with Crippen molar-refractivity contribution in [3.8, 4) is 0 Å². The van der Waals surface area contributed by atoms with E-state index in [9.17, 15) is 4.79 Å². The van der Waals surface area contributed by atoms with Gasteiger partial charge in [-0.15, -0.1) is 0 Å². The van der Waals surface area contributed by atoms with Gasteiger partial charge in [-0.25, -0.2) is 0 Å². The molecule has 1 rings (SSSR count). The van der Waals surface area contributed by atoms with Crippen LogP contribution in [0.3, 0.4) is 0 Å². The first-order chi connectivity index (χ1) is 6.97. The number of hydrogen-bond donors (Lipinski definition) is 0. The van der Waals surface area contributed by atoms with E-state index in [0.29, 0.717) is 17.8 Å². The van der Waals surface area contributed by atoms with E-state index >= 15 is 0 Å². The zero-order chi connectivity index (χ0) is 11.5. The van der Waals surface area contributed by atoms with Gasteiger partial charge in [-0.3, -0.25) is 4.79 Å².